The fourth-order valence-electron chi connectivity index (χ4n) is 4.29. The number of aryl methyl sites for hydroxylation is 2. The molecule has 150 valence electrons. The maximum atomic E-state index is 12.9. The van der Waals surface area contributed by atoms with Crippen LogP contribution < -0.4 is 10.5 Å². The number of hydrogen-bond acceptors (Lipinski definition) is 5. The van der Waals surface area contributed by atoms with Gasteiger partial charge in [0.25, 0.3) is 5.56 Å². The van der Waals surface area contributed by atoms with Gasteiger partial charge in [0.05, 0.1) is 5.69 Å². The second-order valence-corrected chi connectivity index (χ2v) is 7.67. The van der Waals surface area contributed by atoms with Gasteiger partial charge in [-0.05, 0) is 43.2 Å². The fourth-order valence-corrected chi connectivity index (χ4v) is 4.29. The van der Waals surface area contributed by atoms with E-state index < -0.39 is 17.2 Å². The van der Waals surface area contributed by atoms with Crippen LogP contribution in [-0.4, -0.2) is 31.7 Å². The number of carboxylic acids is 1. The first-order valence-corrected chi connectivity index (χ1v) is 9.60. The lowest BCUT2D eigenvalue weighted by atomic mass is 10.00. The number of para-hydroxylation sites is 1. The summed E-state index contributed by atoms with van der Waals surface area (Å²) in [6, 6.07) is 12.3. The number of nitrogens with zero attached hydrogens (tertiary/aromatic N) is 4. The normalized spacial score (nSPS) is 19.3. The van der Waals surface area contributed by atoms with Crippen LogP contribution in [0.2, 0.25) is 0 Å². The van der Waals surface area contributed by atoms with E-state index in [1.54, 1.807) is 30.3 Å². The Balaban J connectivity index is 1.86. The van der Waals surface area contributed by atoms with E-state index in [2.05, 4.69) is 10.1 Å². The van der Waals surface area contributed by atoms with Crippen molar-refractivity contribution in [1.29, 1.82) is 0 Å². The first-order valence-electron chi connectivity index (χ1n) is 9.60. The maximum absolute atomic E-state index is 12.9. The zero-order valence-corrected chi connectivity index (χ0v) is 16.4. The molecule has 1 atom stereocenters. The number of carboxylic acid groups (broad SMARTS) is 1. The van der Waals surface area contributed by atoms with Crippen molar-refractivity contribution in [3.05, 3.63) is 63.9 Å². The van der Waals surface area contributed by atoms with Crippen molar-refractivity contribution >= 4 is 17.6 Å². The highest BCUT2D eigenvalue weighted by molar-refractivity contribution is 6.07. The lowest BCUT2D eigenvalue weighted by Crippen LogP contribution is -2.58. The molecule has 0 saturated carbocycles. The van der Waals surface area contributed by atoms with Gasteiger partial charge in [0.2, 0.25) is 11.6 Å². The minimum atomic E-state index is -1.75. The van der Waals surface area contributed by atoms with Gasteiger partial charge in [0, 0.05) is 24.0 Å². The Morgan fingerprint density at radius 1 is 1.10 bits per heavy atom. The van der Waals surface area contributed by atoms with Gasteiger partial charge in [0.1, 0.15) is 0 Å². The molecule has 2 aliphatic heterocycles. The third-order valence-electron chi connectivity index (χ3n) is 5.98. The van der Waals surface area contributed by atoms with E-state index in [0.717, 1.165) is 11.1 Å². The topological polar surface area (TPSA) is 105 Å². The molecule has 0 radical (unpaired) electrons. The van der Waals surface area contributed by atoms with Gasteiger partial charge in [0.15, 0.2) is 11.5 Å². The van der Waals surface area contributed by atoms with E-state index >= 15 is 0 Å². The number of amides is 1. The monoisotopic (exact) mass is 402 g/mol. The standard InChI is InChI=1S/C22H18N4O4/c1-12-7-8-14(11-13(12)2)18-20(28)23-19-15-5-3-4-6-16(15)25-17(27)9-10-22(25,21(29)30)26(19)24-18/h3-8,11H,9-10H2,1-2H3,(H,29,30)/t22-/m0/s1. The van der Waals surface area contributed by atoms with Crippen molar-refractivity contribution in [1.82, 2.24) is 14.8 Å². The molecule has 2 aromatic carbocycles. The number of rotatable bonds is 2. The predicted octanol–water partition coefficient (Wildman–Crippen LogP) is 2.47. The number of aromatic nitrogens is 3. The SMILES string of the molecule is Cc1ccc(-c2nn3c(nc2=O)-c2ccccc2N2C(=O)CC[C@]23C(=O)O)cc1C. The lowest BCUT2D eigenvalue weighted by Gasteiger charge is -2.41. The van der Waals surface area contributed by atoms with Gasteiger partial charge in [-0.25, -0.2) is 9.48 Å². The van der Waals surface area contributed by atoms with Crippen molar-refractivity contribution in [2.24, 2.45) is 0 Å². The summed E-state index contributed by atoms with van der Waals surface area (Å²) < 4.78 is 1.24. The molecule has 0 spiro atoms. The number of carbonyl (C=O) groups is 2. The van der Waals surface area contributed by atoms with Crippen LogP contribution in [0, 0.1) is 13.8 Å². The molecule has 0 bridgehead atoms. The molecule has 3 aromatic rings. The van der Waals surface area contributed by atoms with Crippen molar-refractivity contribution in [3.63, 3.8) is 0 Å². The Labute approximate surface area is 171 Å². The molecule has 30 heavy (non-hydrogen) atoms. The van der Waals surface area contributed by atoms with Crippen LogP contribution in [0.4, 0.5) is 5.69 Å². The Morgan fingerprint density at radius 3 is 2.60 bits per heavy atom. The third-order valence-corrected chi connectivity index (χ3v) is 5.98. The van der Waals surface area contributed by atoms with Gasteiger partial charge in [-0.15, -0.1) is 0 Å². The maximum Gasteiger partial charge on any atom is 0.353 e. The molecule has 8 heteroatoms. The van der Waals surface area contributed by atoms with Crippen LogP contribution in [0.15, 0.2) is 47.3 Å². The van der Waals surface area contributed by atoms with Gasteiger partial charge in [-0.2, -0.15) is 10.1 Å². The zero-order chi connectivity index (χ0) is 21.2. The van der Waals surface area contributed by atoms with E-state index in [9.17, 15) is 19.5 Å². The highest BCUT2D eigenvalue weighted by atomic mass is 16.4. The Morgan fingerprint density at radius 2 is 1.87 bits per heavy atom. The average molecular weight is 402 g/mol. The first-order chi connectivity index (χ1) is 14.3. The van der Waals surface area contributed by atoms with Crippen LogP contribution in [-0.2, 0) is 15.3 Å². The Kier molecular flexibility index (Phi) is 3.70. The number of aliphatic carboxylic acids is 1. The molecule has 1 fully saturated rings. The third kappa shape index (κ3) is 2.24. The van der Waals surface area contributed by atoms with Gasteiger partial charge in [-0.1, -0.05) is 24.3 Å². The largest absolute Gasteiger partial charge is 0.478 e. The van der Waals surface area contributed by atoms with E-state index in [-0.39, 0.29) is 30.3 Å². The Hall–Kier alpha value is -3.81. The fraction of sp³-hybridized carbons (Fsp3) is 0.227. The molecular formula is C22H18N4O4. The second kappa shape index (κ2) is 6.09. The molecule has 3 heterocycles. The van der Waals surface area contributed by atoms with E-state index in [1.807, 2.05) is 26.0 Å². The zero-order valence-electron chi connectivity index (χ0n) is 16.4. The van der Waals surface area contributed by atoms with Crippen LogP contribution in [0.1, 0.15) is 24.0 Å². The van der Waals surface area contributed by atoms with Crippen molar-refractivity contribution in [2.45, 2.75) is 32.4 Å². The summed E-state index contributed by atoms with van der Waals surface area (Å²) in [5.41, 5.74) is 1.28. The second-order valence-electron chi connectivity index (χ2n) is 7.67. The summed E-state index contributed by atoms with van der Waals surface area (Å²) in [6.07, 6.45) is 0.0965. The van der Waals surface area contributed by atoms with Gasteiger partial charge >= 0.3 is 5.97 Å². The van der Waals surface area contributed by atoms with Crippen molar-refractivity contribution in [3.8, 4) is 22.6 Å². The molecule has 0 aliphatic carbocycles. The first kappa shape index (κ1) is 18.2. The van der Waals surface area contributed by atoms with E-state index in [0.29, 0.717) is 16.8 Å². The molecule has 1 aromatic heterocycles. The summed E-state index contributed by atoms with van der Waals surface area (Å²) in [7, 11) is 0. The highest BCUT2D eigenvalue weighted by Crippen LogP contribution is 2.47. The smallest absolute Gasteiger partial charge is 0.353 e. The molecule has 5 rings (SSSR count). The summed E-state index contributed by atoms with van der Waals surface area (Å²) in [6.45, 7) is 3.89. The number of anilines is 1. The number of hydrogen-bond donors (Lipinski definition) is 1. The van der Waals surface area contributed by atoms with Crippen LogP contribution in [0.25, 0.3) is 22.6 Å². The van der Waals surface area contributed by atoms with Crippen LogP contribution >= 0.6 is 0 Å². The molecule has 0 unspecified atom stereocenters. The minimum Gasteiger partial charge on any atom is -0.478 e. The molecular weight excluding hydrogens is 384 g/mol. The number of benzene rings is 2. The predicted molar refractivity (Wildman–Crippen MR) is 109 cm³/mol. The minimum absolute atomic E-state index is 0.0341. The van der Waals surface area contributed by atoms with Gasteiger partial charge < -0.3 is 5.11 Å². The molecule has 1 amide bonds. The van der Waals surface area contributed by atoms with Crippen molar-refractivity contribution < 1.29 is 14.7 Å². The molecule has 8 nitrogen and oxygen atoms in total. The quantitative estimate of drug-likeness (QED) is 0.706. The summed E-state index contributed by atoms with van der Waals surface area (Å²) in [4.78, 5) is 43.7. The summed E-state index contributed by atoms with van der Waals surface area (Å²) in [5.74, 6) is -1.37. The van der Waals surface area contributed by atoms with Crippen LogP contribution in [0.3, 0.4) is 0 Å². The van der Waals surface area contributed by atoms with Crippen LogP contribution in [0.5, 0.6) is 0 Å². The average Bonchev–Trinajstić information content (AvgIpc) is 3.09. The summed E-state index contributed by atoms with van der Waals surface area (Å²) in [5, 5.41) is 14.7. The molecule has 1 saturated heterocycles. The van der Waals surface area contributed by atoms with E-state index in [4.69, 9.17) is 0 Å². The number of fused-ring (bicyclic) bond motifs is 6. The molecule has 2 aliphatic rings. The highest BCUT2D eigenvalue weighted by Gasteiger charge is 2.58. The van der Waals surface area contributed by atoms with Gasteiger partial charge in [-0.3, -0.25) is 14.5 Å². The number of carbonyl (C=O) groups excluding carboxylic acids is 1. The Bertz CT molecular complexity index is 1310. The van der Waals surface area contributed by atoms with E-state index in [1.165, 1.54) is 9.58 Å². The van der Waals surface area contributed by atoms with Crippen molar-refractivity contribution in [2.75, 3.05) is 4.90 Å². The molecule has 1 N–H and O–H groups in total. The lowest BCUT2D eigenvalue weighted by molar-refractivity contribution is -0.148. The summed E-state index contributed by atoms with van der Waals surface area (Å²) >= 11 is 0.